The summed E-state index contributed by atoms with van der Waals surface area (Å²) < 4.78 is 5.10. The fraction of sp³-hybridized carbons (Fsp3) is 0.538. The second kappa shape index (κ2) is 6.13. The number of nitrogens with zero attached hydrogens (tertiary/aromatic N) is 3. The van der Waals surface area contributed by atoms with Gasteiger partial charge in [0.15, 0.2) is 0 Å². The van der Waals surface area contributed by atoms with Gasteiger partial charge >= 0.3 is 5.97 Å². The maximum absolute atomic E-state index is 12.0. The van der Waals surface area contributed by atoms with Crippen molar-refractivity contribution in [1.82, 2.24) is 9.97 Å². The summed E-state index contributed by atoms with van der Waals surface area (Å²) >= 11 is 4.96. The molecule has 1 atom stereocenters. The zero-order valence-corrected chi connectivity index (χ0v) is 12.4. The number of thiocarbonyl (C=S) groups is 1. The summed E-state index contributed by atoms with van der Waals surface area (Å²) in [5.41, 5.74) is 6.92. The Labute approximate surface area is 123 Å². The Bertz CT molecular complexity index is 535. The fourth-order valence-electron chi connectivity index (χ4n) is 2.30. The molecule has 2 N–H and O–H groups in total. The Kier molecular flexibility index (Phi) is 4.49. The van der Waals surface area contributed by atoms with Crippen LogP contribution in [-0.4, -0.2) is 40.1 Å². The average Bonchev–Trinajstić information content (AvgIpc) is 2.87. The van der Waals surface area contributed by atoms with E-state index in [0.717, 1.165) is 25.1 Å². The van der Waals surface area contributed by atoms with Gasteiger partial charge in [0.05, 0.1) is 6.61 Å². The van der Waals surface area contributed by atoms with Crippen LogP contribution >= 0.6 is 12.2 Å². The third-order valence-electron chi connectivity index (χ3n) is 3.16. The van der Waals surface area contributed by atoms with Gasteiger partial charge in [-0.25, -0.2) is 14.8 Å². The van der Waals surface area contributed by atoms with E-state index in [9.17, 15) is 4.79 Å². The summed E-state index contributed by atoms with van der Waals surface area (Å²) in [6, 6.07) is 1.41. The lowest BCUT2D eigenvalue weighted by Crippen LogP contribution is -2.38. The number of ether oxygens (including phenoxy) is 1. The van der Waals surface area contributed by atoms with E-state index in [1.807, 2.05) is 11.8 Å². The molecule has 108 valence electrons. The molecule has 1 aliphatic rings. The molecule has 0 amide bonds. The summed E-state index contributed by atoms with van der Waals surface area (Å²) in [6.07, 6.45) is 1.65. The number of rotatable bonds is 4. The highest BCUT2D eigenvalue weighted by molar-refractivity contribution is 7.80. The van der Waals surface area contributed by atoms with Crippen LogP contribution in [0, 0.1) is 6.92 Å². The first-order chi connectivity index (χ1) is 9.52. The second-order valence-corrected chi connectivity index (χ2v) is 5.10. The maximum atomic E-state index is 12.0. The molecule has 0 aromatic carbocycles. The Hall–Kier alpha value is -1.76. The molecular formula is C13H18N4O2S. The lowest BCUT2D eigenvalue weighted by Gasteiger charge is -2.23. The molecule has 6 nitrogen and oxygen atoms in total. The smallest absolute Gasteiger partial charge is 0.328 e. The third-order valence-corrected chi connectivity index (χ3v) is 3.37. The minimum Gasteiger partial charge on any atom is -0.464 e. The van der Waals surface area contributed by atoms with Crippen LogP contribution < -0.4 is 10.6 Å². The lowest BCUT2D eigenvalue weighted by atomic mass is 10.2. The van der Waals surface area contributed by atoms with Gasteiger partial charge in [-0.1, -0.05) is 12.2 Å². The molecule has 0 spiro atoms. The minimum absolute atomic E-state index is 0.226. The van der Waals surface area contributed by atoms with Crippen LogP contribution in [0.1, 0.15) is 31.2 Å². The lowest BCUT2D eigenvalue weighted by molar-refractivity contribution is -0.144. The van der Waals surface area contributed by atoms with Crippen molar-refractivity contribution in [3.05, 3.63) is 17.5 Å². The van der Waals surface area contributed by atoms with E-state index in [1.165, 1.54) is 0 Å². The molecule has 1 saturated heterocycles. The van der Waals surface area contributed by atoms with Crippen molar-refractivity contribution in [2.75, 3.05) is 18.1 Å². The second-order valence-electron chi connectivity index (χ2n) is 4.66. The topological polar surface area (TPSA) is 81.3 Å². The molecule has 2 rings (SSSR count). The molecule has 2 heterocycles. The number of aromatic nitrogens is 2. The quantitative estimate of drug-likeness (QED) is 0.654. The van der Waals surface area contributed by atoms with Crippen molar-refractivity contribution < 1.29 is 9.53 Å². The van der Waals surface area contributed by atoms with E-state index in [1.54, 1.807) is 13.0 Å². The number of carbonyl (C=O) groups excluding carboxylic acids is 1. The summed E-state index contributed by atoms with van der Waals surface area (Å²) in [7, 11) is 0. The van der Waals surface area contributed by atoms with Gasteiger partial charge in [-0.05, 0) is 32.8 Å². The van der Waals surface area contributed by atoms with Gasteiger partial charge in [-0.2, -0.15) is 0 Å². The summed E-state index contributed by atoms with van der Waals surface area (Å²) in [4.78, 5) is 22.8. The number of nitrogens with two attached hydrogens (primary N) is 1. The van der Waals surface area contributed by atoms with Crippen LogP contribution in [0.2, 0.25) is 0 Å². The molecule has 1 aliphatic heterocycles. The normalized spacial score (nSPS) is 18.1. The van der Waals surface area contributed by atoms with E-state index in [2.05, 4.69) is 9.97 Å². The molecule has 1 aromatic heterocycles. The van der Waals surface area contributed by atoms with Crippen LogP contribution in [0.5, 0.6) is 0 Å². The zero-order chi connectivity index (χ0) is 14.7. The highest BCUT2D eigenvalue weighted by Gasteiger charge is 2.33. The van der Waals surface area contributed by atoms with Crippen molar-refractivity contribution in [2.24, 2.45) is 5.73 Å². The standard InChI is InChI=1S/C13H18N4O2S/c1-3-19-12(18)10-5-4-6-17(10)13-15-8(2)7-9(16-13)11(14)20/h7,10H,3-6H2,1-2H3,(H2,14,20). The van der Waals surface area contributed by atoms with Gasteiger partial charge in [0.25, 0.3) is 0 Å². The predicted molar refractivity (Wildman–Crippen MR) is 79.7 cm³/mol. The molecule has 20 heavy (non-hydrogen) atoms. The van der Waals surface area contributed by atoms with Crippen LogP contribution in [0.25, 0.3) is 0 Å². The molecular weight excluding hydrogens is 276 g/mol. The first kappa shape index (κ1) is 14.6. The van der Waals surface area contributed by atoms with Crippen molar-refractivity contribution in [1.29, 1.82) is 0 Å². The van der Waals surface area contributed by atoms with Crippen molar-refractivity contribution in [2.45, 2.75) is 32.7 Å². The zero-order valence-electron chi connectivity index (χ0n) is 11.6. The van der Waals surface area contributed by atoms with Gasteiger partial charge < -0.3 is 15.4 Å². The first-order valence-corrected chi connectivity index (χ1v) is 7.02. The molecule has 1 aromatic rings. The van der Waals surface area contributed by atoms with Crippen molar-refractivity contribution in [3.63, 3.8) is 0 Å². The molecule has 0 saturated carbocycles. The number of carbonyl (C=O) groups is 1. The van der Waals surface area contributed by atoms with Gasteiger partial charge in [0.2, 0.25) is 5.95 Å². The van der Waals surface area contributed by atoms with Gasteiger partial charge in [0, 0.05) is 12.2 Å². The Balaban J connectivity index is 2.30. The monoisotopic (exact) mass is 294 g/mol. The number of aryl methyl sites for hydroxylation is 1. The van der Waals surface area contributed by atoms with E-state index in [4.69, 9.17) is 22.7 Å². The summed E-state index contributed by atoms with van der Waals surface area (Å²) in [5.74, 6) is 0.260. The third kappa shape index (κ3) is 3.04. The summed E-state index contributed by atoms with van der Waals surface area (Å²) in [5, 5.41) is 0. The van der Waals surface area contributed by atoms with E-state index >= 15 is 0 Å². The number of esters is 1. The molecule has 1 fully saturated rings. The van der Waals surface area contributed by atoms with E-state index < -0.39 is 0 Å². The van der Waals surface area contributed by atoms with Gasteiger partial charge in [-0.3, -0.25) is 0 Å². The Morgan fingerprint density at radius 2 is 2.35 bits per heavy atom. The SMILES string of the molecule is CCOC(=O)C1CCCN1c1nc(C)cc(C(N)=S)n1. The minimum atomic E-state index is -0.323. The number of hydrogen-bond acceptors (Lipinski definition) is 6. The molecule has 1 unspecified atom stereocenters. The van der Waals surface area contributed by atoms with E-state index in [-0.39, 0.29) is 17.0 Å². The highest BCUT2D eigenvalue weighted by Crippen LogP contribution is 2.24. The molecule has 7 heteroatoms. The van der Waals surface area contributed by atoms with Crippen LogP contribution in [0.3, 0.4) is 0 Å². The van der Waals surface area contributed by atoms with E-state index in [0.29, 0.717) is 18.2 Å². The Morgan fingerprint density at radius 3 is 3.00 bits per heavy atom. The molecule has 0 radical (unpaired) electrons. The fourth-order valence-corrected chi connectivity index (χ4v) is 2.40. The largest absolute Gasteiger partial charge is 0.464 e. The average molecular weight is 294 g/mol. The van der Waals surface area contributed by atoms with Crippen molar-refractivity contribution in [3.8, 4) is 0 Å². The summed E-state index contributed by atoms with van der Waals surface area (Å²) in [6.45, 7) is 4.74. The predicted octanol–water partition coefficient (Wildman–Crippen LogP) is 0.951. The van der Waals surface area contributed by atoms with Crippen LogP contribution in [0.4, 0.5) is 5.95 Å². The molecule has 0 aliphatic carbocycles. The van der Waals surface area contributed by atoms with Gasteiger partial charge in [-0.15, -0.1) is 0 Å². The van der Waals surface area contributed by atoms with Crippen LogP contribution in [0.15, 0.2) is 6.07 Å². The number of anilines is 1. The first-order valence-electron chi connectivity index (χ1n) is 6.61. The number of hydrogen-bond donors (Lipinski definition) is 1. The van der Waals surface area contributed by atoms with Gasteiger partial charge in [0.1, 0.15) is 16.7 Å². The Morgan fingerprint density at radius 1 is 1.60 bits per heavy atom. The van der Waals surface area contributed by atoms with Crippen LogP contribution in [-0.2, 0) is 9.53 Å². The maximum Gasteiger partial charge on any atom is 0.328 e. The van der Waals surface area contributed by atoms with Crippen molar-refractivity contribution >= 4 is 29.1 Å². The highest BCUT2D eigenvalue weighted by atomic mass is 32.1. The molecule has 0 bridgehead atoms.